The van der Waals surface area contributed by atoms with Crippen LogP contribution in [0.2, 0.25) is 0 Å². The summed E-state index contributed by atoms with van der Waals surface area (Å²) in [5, 5.41) is -6.77. The van der Waals surface area contributed by atoms with E-state index in [0.717, 1.165) is 0 Å². The summed E-state index contributed by atoms with van der Waals surface area (Å²) in [7, 11) is 0. The van der Waals surface area contributed by atoms with E-state index in [1.165, 1.54) is 0 Å². The van der Waals surface area contributed by atoms with Crippen LogP contribution in [0, 0.1) is 0 Å². The van der Waals surface area contributed by atoms with Crippen molar-refractivity contribution in [1.29, 1.82) is 0 Å². The molecule has 0 unspecified atom stereocenters. The van der Waals surface area contributed by atoms with Crippen LogP contribution < -0.4 is 0 Å². The maximum atomic E-state index is 12.0. The van der Waals surface area contributed by atoms with Crippen LogP contribution in [-0.4, -0.2) is 23.3 Å². The molecule has 0 saturated heterocycles. The Morgan fingerprint density at radius 3 is 0.900 bits per heavy atom. The monoisotopic (exact) mass is 378 g/mol. The molecule has 0 rings (SSSR count). The first-order chi connectivity index (χ1) is 8.43. The Hall–Kier alpha value is -0.280. The zero-order valence-corrected chi connectivity index (χ0v) is 9.74. The molecule has 124 valence electrons. The van der Waals surface area contributed by atoms with Gasteiger partial charge < -0.3 is 0 Å². The highest BCUT2D eigenvalue weighted by molar-refractivity contribution is 7.88. The van der Waals surface area contributed by atoms with Crippen LogP contribution in [-0.2, 0) is 23.7 Å². The molecule has 0 nitrogen and oxygen atoms in total. The largest absolute Gasteiger partial charge is 0.661 e. The van der Waals surface area contributed by atoms with Crippen molar-refractivity contribution in [3.63, 3.8) is 0 Å². The molecule has 0 aliphatic heterocycles. The Morgan fingerprint density at radius 2 is 0.750 bits per heavy atom. The van der Waals surface area contributed by atoms with Gasteiger partial charge in [0, 0.05) is 0 Å². The Kier molecular flexibility index (Phi) is 7.32. The van der Waals surface area contributed by atoms with E-state index in [2.05, 4.69) is 0 Å². The van der Waals surface area contributed by atoms with Gasteiger partial charge in [0.25, 0.3) is 0 Å². The minimum atomic E-state index is -7.26. The summed E-state index contributed by atoms with van der Waals surface area (Å²) in [5.41, 5.74) is 0. The lowest BCUT2D eigenvalue weighted by Gasteiger charge is -2.27. The van der Waals surface area contributed by atoms with E-state index in [9.17, 15) is 58.9 Å². The molecule has 0 spiro atoms. The number of alkyl halides is 9. The Morgan fingerprint density at radius 1 is 0.500 bits per heavy atom. The van der Waals surface area contributed by atoms with E-state index in [1.54, 1.807) is 0 Å². The number of halogens is 14. The quantitative estimate of drug-likeness (QED) is 0.476. The van der Waals surface area contributed by atoms with E-state index in [0.29, 0.717) is 0 Å². The predicted molar refractivity (Wildman–Crippen MR) is 41.2 cm³/mol. The van der Waals surface area contributed by atoms with Gasteiger partial charge in [-0.05, 0) is 0 Å². The molecule has 0 N–H and O–H groups in total. The Bertz CT molecular complexity index is 289. The van der Waals surface area contributed by atoms with Crippen LogP contribution in [0.1, 0.15) is 0 Å². The van der Waals surface area contributed by atoms with Gasteiger partial charge in [-0.25, -0.2) is 0 Å². The maximum Gasteiger partial charge on any atom is 0.661 e. The second kappa shape index (κ2) is 6.65. The van der Waals surface area contributed by atoms with E-state index in [4.69, 9.17) is 0 Å². The fraction of sp³-hybridized carbons (Fsp3) is 1.00. The smallest absolute Gasteiger partial charge is 0.189 e. The summed E-state index contributed by atoms with van der Waals surface area (Å²) >= 11 is -9.50. The minimum absolute atomic E-state index is 3.86. The van der Waals surface area contributed by atoms with Crippen molar-refractivity contribution >= 4 is 23.7 Å². The molecule has 0 atom stereocenters. The summed E-state index contributed by atoms with van der Waals surface area (Å²) < 4.78 is 157. The normalized spacial score (nSPS) is 14.4. The first-order valence-corrected chi connectivity index (χ1v) is 5.38. The van der Waals surface area contributed by atoms with Crippen molar-refractivity contribution in [2.24, 2.45) is 0 Å². The number of rotatable bonds is 3. The van der Waals surface area contributed by atoms with E-state index < -0.39 is 47.0 Å². The van der Waals surface area contributed by atoms with Crippen LogP contribution in [0.3, 0.4) is 0 Å². The topological polar surface area (TPSA) is 0 Å². The summed E-state index contributed by atoms with van der Waals surface area (Å²) in [4.78, 5) is 0. The lowest BCUT2D eigenvalue weighted by atomic mass is 10.1. The van der Waals surface area contributed by atoms with Crippen molar-refractivity contribution in [3.8, 4) is 0 Å². The van der Waals surface area contributed by atoms with Crippen molar-refractivity contribution in [1.82, 2.24) is 0 Å². The zero-order valence-electron chi connectivity index (χ0n) is 8.11. The molecule has 0 heterocycles. The van der Waals surface area contributed by atoms with Gasteiger partial charge >= 0.3 is 47.0 Å². The van der Waals surface area contributed by atoms with Gasteiger partial charge in [0.15, 0.2) is 0 Å². The second-order valence-corrected chi connectivity index (χ2v) is 3.84. The van der Waals surface area contributed by atoms with Crippen molar-refractivity contribution < 1.29 is 58.9 Å². The molecule has 0 fully saturated rings. The lowest BCUT2D eigenvalue weighted by Crippen LogP contribution is -2.62. The molecule has 0 aromatic rings. The number of hydrogen-bond donors (Lipinski definition) is 0. The summed E-state index contributed by atoms with van der Waals surface area (Å²) in [6, 6.07) is 0. The molecule has 0 aromatic heterocycles. The summed E-state index contributed by atoms with van der Waals surface area (Å²) in [6.45, 7) is 0. The Balaban J connectivity index is 0. The minimum Gasteiger partial charge on any atom is -0.189 e. The van der Waals surface area contributed by atoms with Gasteiger partial charge in [-0.2, -0.15) is 30.7 Å². The third-order valence-corrected chi connectivity index (χ3v) is 1.95. The molecule has 20 heavy (non-hydrogen) atoms. The first kappa shape index (κ1) is 22.0. The van der Waals surface area contributed by atoms with Crippen LogP contribution in [0.15, 0.2) is 0 Å². The Labute approximate surface area is 107 Å². The third kappa shape index (κ3) is 4.63. The van der Waals surface area contributed by atoms with E-state index in [1.807, 2.05) is 0 Å². The van der Waals surface area contributed by atoms with Gasteiger partial charge in [-0.1, -0.05) is 0 Å². The highest BCUT2D eigenvalue weighted by Crippen LogP contribution is 2.55. The first-order valence-electron chi connectivity index (χ1n) is 3.43. The highest BCUT2D eigenvalue weighted by Gasteiger charge is 2.90. The van der Waals surface area contributed by atoms with Gasteiger partial charge in [0.05, 0.1) is 7.77 Å². The van der Waals surface area contributed by atoms with Crippen LogP contribution >= 0.6 is 0 Å². The zero-order chi connectivity index (χ0) is 17.2. The van der Waals surface area contributed by atoms with Crippen molar-refractivity contribution in [2.75, 3.05) is 0 Å². The maximum absolute atomic E-state index is 12.0. The standard InChI is InChI=1S/C4F11S.F3S/c5-1(6,3(9,10)11)2(7,8)4(12,13)16(14)15;1-4(2)3/q2*+1. The van der Waals surface area contributed by atoms with Gasteiger partial charge in [-0.3, -0.25) is 0 Å². The molecule has 0 bridgehead atoms. The van der Waals surface area contributed by atoms with E-state index in [-0.39, 0.29) is 0 Å². The van der Waals surface area contributed by atoms with Gasteiger partial charge in [-0.15, -0.1) is 8.78 Å². The number of hydrogen-bond acceptors (Lipinski definition) is 0. The third-order valence-electron chi connectivity index (χ3n) is 1.31. The van der Waals surface area contributed by atoms with Crippen LogP contribution in [0.5, 0.6) is 0 Å². The molecule has 0 saturated carbocycles. The van der Waals surface area contributed by atoms with Crippen molar-refractivity contribution in [2.45, 2.75) is 23.3 Å². The van der Waals surface area contributed by atoms with E-state index >= 15 is 0 Å². The summed E-state index contributed by atoms with van der Waals surface area (Å²) in [6.07, 6.45) is -7.07. The molecule has 16 heteroatoms. The summed E-state index contributed by atoms with van der Waals surface area (Å²) in [5.74, 6) is -14.5. The molecular formula is C4F14S2+2. The molecule has 0 aliphatic rings. The second-order valence-electron chi connectivity index (χ2n) is 2.55. The molecule has 0 radical (unpaired) electrons. The van der Waals surface area contributed by atoms with Crippen molar-refractivity contribution in [3.05, 3.63) is 0 Å². The van der Waals surface area contributed by atoms with Crippen LogP contribution in [0.25, 0.3) is 0 Å². The average molecular weight is 378 g/mol. The molecule has 0 aliphatic carbocycles. The molecule has 0 aromatic carbocycles. The lowest BCUT2D eigenvalue weighted by molar-refractivity contribution is -0.382. The van der Waals surface area contributed by atoms with Crippen LogP contribution in [0.4, 0.5) is 58.9 Å². The van der Waals surface area contributed by atoms with Gasteiger partial charge in [0.1, 0.15) is 11.7 Å². The highest BCUT2D eigenvalue weighted by atomic mass is 32.3. The fourth-order valence-electron chi connectivity index (χ4n) is 0.458. The molecular weight excluding hydrogens is 378 g/mol. The van der Waals surface area contributed by atoms with Gasteiger partial charge in [0.2, 0.25) is 0 Å². The SMILES string of the molecule is F[S+](F)C(F)(F)C(F)(F)C(F)(F)C(F)(F)F.F[S+](F)F. The average Bonchev–Trinajstić information content (AvgIpc) is 2.13. The fourth-order valence-corrected chi connectivity index (χ4v) is 0.780. The predicted octanol–water partition coefficient (Wildman–Crippen LogP) is 5.06. The molecule has 0 amide bonds.